The number of rotatable bonds is 4. The third-order valence-corrected chi connectivity index (χ3v) is 4.17. The molecule has 0 aromatic heterocycles. The maximum atomic E-state index is 3.55. The van der Waals surface area contributed by atoms with Gasteiger partial charge in [-0.3, -0.25) is 0 Å². The summed E-state index contributed by atoms with van der Waals surface area (Å²) >= 11 is 3.55. The minimum absolute atomic E-state index is 0.753. The Morgan fingerprint density at radius 3 is 2.75 bits per heavy atom. The Kier molecular flexibility index (Phi) is 4.04. The Bertz CT molecular complexity index is 358. The molecule has 1 nitrogen and oxygen atoms in total. The van der Waals surface area contributed by atoms with Gasteiger partial charge in [0.25, 0.3) is 0 Å². The third kappa shape index (κ3) is 2.49. The molecule has 1 aromatic carbocycles. The fraction of sp³-hybridized carbons (Fsp3) is 0.571. The SMILES string of the molecule is CCN(CC)CC1CCc2cc(Br)ccc21. The Labute approximate surface area is 107 Å². The standard InChI is InChI=1S/C14H20BrN/c1-3-16(4-2)10-12-6-5-11-9-13(15)7-8-14(11)12/h7-9,12H,3-6,10H2,1-2H3. The highest BCUT2D eigenvalue weighted by Gasteiger charge is 2.23. The Hall–Kier alpha value is -0.340. The van der Waals surface area contributed by atoms with E-state index in [1.165, 1.54) is 36.9 Å². The van der Waals surface area contributed by atoms with E-state index >= 15 is 0 Å². The second-order valence-electron chi connectivity index (χ2n) is 4.56. The van der Waals surface area contributed by atoms with Crippen molar-refractivity contribution in [3.8, 4) is 0 Å². The molecule has 0 amide bonds. The summed E-state index contributed by atoms with van der Waals surface area (Å²) in [5, 5.41) is 0. The van der Waals surface area contributed by atoms with Crippen LogP contribution < -0.4 is 0 Å². The molecular weight excluding hydrogens is 262 g/mol. The first-order chi connectivity index (χ1) is 7.74. The van der Waals surface area contributed by atoms with Crippen molar-refractivity contribution in [3.63, 3.8) is 0 Å². The van der Waals surface area contributed by atoms with E-state index in [9.17, 15) is 0 Å². The number of aryl methyl sites for hydroxylation is 1. The monoisotopic (exact) mass is 281 g/mol. The van der Waals surface area contributed by atoms with Crippen molar-refractivity contribution in [1.29, 1.82) is 0 Å². The average molecular weight is 282 g/mol. The van der Waals surface area contributed by atoms with Gasteiger partial charge in [-0.2, -0.15) is 0 Å². The van der Waals surface area contributed by atoms with Crippen molar-refractivity contribution in [1.82, 2.24) is 4.90 Å². The highest BCUT2D eigenvalue weighted by molar-refractivity contribution is 9.10. The minimum atomic E-state index is 0.753. The molecule has 0 fully saturated rings. The second-order valence-corrected chi connectivity index (χ2v) is 5.48. The number of halogens is 1. The number of benzene rings is 1. The van der Waals surface area contributed by atoms with Crippen molar-refractivity contribution >= 4 is 15.9 Å². The summed E-state index contributed by atoms with van der Waals surface area (Å²) < 4.78 is 1.22. The highest BCUT2D eigenvalue weighted by atomic mass is 79.9. The molecule has 88 valence electrons. The molecule has 1 unspecified atom stereocenters. The van der Waals surface area contributed by atoms with Crippen molar-refractivity contribution in [2.45, 2.75) is 32.6 Å². The van der Waals surface area contributed by atoms with Gasteiger partial charge in [0.15, 0.2) is 0 Å². The van der Waals surface area contributed by atoms with E-state index in [-0.39, 0.29) is 0 Å². The van der Waals surface area contributed by atoms with Crippen molar-refractivity contribution in [3.05, 3.63) is 33.8 Å². The van der Waals surface area contributed by atoms with E-state index in [2.05, 4.69) is 52.9 Å². The summed E-state index contributed by atoms with van der Waals surface area (Å²) in [7, 11) is 0. The largest absolute Gasteiger partial charge is 0.303 e. The normalized spacial score (nSPS) is 19.1. The molecule has 2 heteroatoms. The van der Waals surface area contributed by atoms with Gasteiger partial charge in [0.05, 0.1) is 0 Å². The van der Waals surface area contributed by atoms with Gasteiger partial charge >= 0.3 is 0 Å². The minimum Gasteiger partial charge on any atom is -0.303 e. The quantitative estimate of drug-likeness (QED) is 0.811. The summed E-state index contributed by atoms with van der Waals surface area (Å²) in [4.78, 5) is 2.53. The number of fused-ring (bicyclic) bond motifs is 1. The van der Waals surface area contributed by atoms with Crippen LogP contribution in [0.4, 0.5) is 0 Å². The van der Waals surface area contributed by atoms with E-state index < -0.39 is 0 Å². The Balaban J connectivity index is 2.11. The first-order valence-electron chi connectivity index (χ1n) is 6.25. The molecule has 0 spiro atoms. The van der Waals surface area contributed by atoms with Gasteiger partial charge in [-0.25, -0.2) is 0 Å². The average Bonchev–Trinajstić information content (AvgIpc) is 2.68. The van der Waals surface area contributed by atoms with Crippen LogP contribution in [0.1, 0.15) is 37.3 Å². The van der Waals surface area contributed by atoms with Gasteiger partial charge in [0.2, 0.25) is 0 Å². The lowest BCUT2D eigenvalue weighted by molar-refractivity contribution is 0.282. The molecule has 1 aromatic rings. The third-order valence-electron chi connectivity index (χ3n) is 3.68. The zero-order chi connectivity index (χ0) is 11.5. The molecule has 1 atom stereocenters. The van der Waals surface area contributed by atoms with Gasteiger partial charge in [0.1, 0.15) is 0 Å². The number of likely N-dealkylation sites (N-methyl/N-ethyl adjacent to an activating group) is 1. The molecule has 0 bridgehead atoms. The van der Waals surface area contributed by atoms with E-state index in [0.717, 1.165) is 5.92 Å². The van der Waals surface area contributed by atoms with Crippen LogP contribution >= 0.6 is 15.9 Å². The number of hydrogen-bond donors (Lipinski definition) is 0. The van der Waals surface area contributed by atoms with Crippen molar-refractivity contribution < 1.29 is 0 Å². The first kappa shape index (κ1) is 12.1. The lowest BCUT2D eigenvalue weighted by Gasteiger charge is -2.22. The van der Waals surface area contributed by atoms with E-state index in [4.69, 9.17) is 0 Å². The predicted octanol–water partition coefficient (Wildman–Crippen LogP) is 3.82. The second kappa shape index (κ2) is 5.33. The van der Waals surface area contributed by atoms with E-state index in [1.54, 1.807) is 11.1 Å². The van der Waals surface area contributed by atoms with Crippen LogP contribution in [-0.4, -0.2) is 24.5 Å². The zero-order valence-corrected chi connectivity index (χ0v) is 11.8. The Morgan fingerprint density at radius 1 is 1.31 bits per heavy atom. The number of hydrogen-bond acceptors (Lipinski definition) is 1. The molecule has 16 heavy (non-hydrogen) atoms. The van der Waals surface area contributed by atoms with Crippen LogP contribution in [0.25, 0.3) is 0 Å². The smallest absolute Gasteiger partial charge is 0.0178 e. The zero-order valence-electron chi connectivity index (χ0n) is 10.2. The molecule has 0 saturated heterocycles. The summed E-state index contributed by atoms with van der Waals surface area (Å²) in [6.07, 6.45) is 2.57. The van der Waals surface area contributed by atoms with Gasteiger partial charge in [0, 0.05) is 11.0 Å². The molecule has 0 radical (unpaired) electrons. The molecular formula is C14H20BrN. The highest BCUT2D eigenvalue weighted by Crippen LogP contribution is 2.35. The van der Waals surface area contributed by atoms with Crippen LogP contribution in [0.5, 0.6) is 0 Å². The van der Waals surface area contributed by atoms with Crippen LogP contribution in [0.15, 0.2) is 22.7 Å². The molecule has 0 saturated carbocycles. The lowest BCUT2D eigenvalue weighted by atomic mass is 10.0. The van der Waals surface area contributed by atoms with Crippen LogP contribution in [0, 0.1) is 0 Å². The van der Waals surface area contributed by atoms with Crippen molar-refractivity contribution in [2.24, 2.45) is 0 Å². The predicted molar refractivity (Wildman–Crippen MR) is 73.0 cm³/mol. The maximum Gasteiger partial charge on any atom is 0.0178 e. The molecule has 0 heterocycles. The summed E-state index contributed by atoms with van der Waals surface area (Å²) in [6.45, 7) is 8.06. The van der Waals surface area contributed by atoms with Gasteiger partial charge in [-0.1, -0.05) is 35.8 Å². The molecule has 2 rings (SSSR count). The summed E-state index contributed by atoms with van der Waals surface area (Å²) in [6, 6.07) is 6.78. The van der Waals surface area contributed by atoms with Crippen LogP contribution in [-0.2, 0) is 6.42 Å². The van der Waals surface area contributed by atoms with Gasteiger partial charge in [-0.05, 0) is 55.1 Å². The topological polar surface area (TPSA) is 3.24 Å². The van der Waals surface area contributed by atoms with Gasteiger partial charge < -0.3 is 4.90 Å². The summed E-state index contributed by atoms with van der Waals surface area (Å²) in [5.41, 5.74) is 3.13. The van der Waals surface area contributed by atoms with Crippen LogP contribution in [0.2, 0.25) is 0 Å². The number of nitrogens with zero attached hydrogens (tertiary/aromatic N) is 1. The maximum absolute atomic E-state index is 3.55. The Morgan fingerprint density at radius 2 is 2.06 bits per heavy atom. The fourth-order valence-corrected chi connectivity index (χ4v) is 3.07. The van der Waals surface area contributed by atoms with E-state index in [1.807, 2.05) is 0 Å². The van der Waals surface area contributed by atoms with Crippen molar-refractivity contribution in [2.75, 3.05) is 19.6 Å². The molecule has 1 aliphatic carbocycles. The molecule has 1 aliphatic rings. The van der Waals surface area contributed by atoms with Crippen LogP contribution in [0.3, 0.4) is 0 Å². The molecule has 0 N–H and O–H groups in total. The molecule has 0 aliphatic heterocycles. The fourth-order valence-electron chi connectivity index (χ4n) is 2.66. The van der Waals surface area contributed by atoms with Gasteiger partial charge in [-0.15, -0.1) is 0 Å². The van der Waals surface area contributed by atoms with E-state index in [0.29, 0.717) is 0 Å². The summed E-state index contributed by atoms with van der Waals surface area (Å²) in [5.74, 6) is 0.753. The first-order valence-corrected chi connectivity index (χ1v) is 7.04. The lowest BCUT2D eigenvalue weighted by Crippen LogP contribution is -2.27.